The molecule has 2 aromatic heterocycles. The van der Waals surface area contributed by atoms with Crippen LogP contribution in [0.3, 0.4) is 0 Å². The smallest absolute Gasteiger partial charge is 0.450 e. The zero-order valence-electron chi connectivity index (χ0n) is 17.7. The molecule has 34 heavy (non-hydrogen) atoms. The summed E-state index contributed by atoms with van der Waals surface area (Å²) in [5.74, 6) is -1.24. The van der Waals surface area contributed by atoms with E-state index in [-0.39, 0.29) is 39.7 Å². The molecular weight excluding hydrogens is 457 g/mol. The van der Waals surface area contributed by atoms with Crippen molar-refractivity contribution in [2.45, 2.75) is 19.3 Å². The summed E-state index contributed by atoms with van der Waals surface area (Å²) in [4.78, 5) is 22.2. The van der Waals surface area contributed by atoms with Gasteiger partial charge in [-0.25, -0.2) is 15.0 Å². The molecule has 0 fully saturated rings. The molecular formula is C21H17F3N6O4. The number of aliphatic hydroxyl groups is 1. The van der Waals surface area contributed by atoms with Crippen molar-refractivity contribution in [1.82, 2.24) is 19.5 Å². The van der Waals surface area contributed by atoms with Gasteiger partial charge in [0.15, 0.2) is 17.8 Å². The fourth-order valence-electron chi connectivity index (χ4n) is 3.36. The number of hydrogen-bond acceptors (Lipinski definition) is 8. The number of nitro groups is 1. The van der Waals surface area contributed by atoms with Gasteiger partial charge in [0.05, 0.1) is 35.5 Å². The van der Waals surface area contributed by atoms with E-state index in [9.17, 15) is 28.4 Å². The second-order valence-corrected chi connectivity index (χ2v) is 7.26. The molecule has 0 bridgehead atoms. The van der Waals surface area contributed by atoms with E-state index in [1.165, 1.54) is 31.4 Å². The predicted molar refractivity (Wildman–Crippen MR) is 115 cm³/mol. The van der Waals surface area contributed by atoms with Crippen LogP contribution in [0.25, 0.3) is 16.9 Å². The van der Waals surface area contributed by atoms with Crippen molar-refractivity contribution in [1.29, 1.82) is 0 Å². The van der Waals surface area contributed by atoms with Crippen molar-refractivity contribution in [3.63, 3.8) is 0 Å². The maximum absolute atomic E-state index is 13.6. The standard InChI is InChI=1S/C21H17F3N6O4/c1-11-3-5-14-13(7-11)27-20(21(22,23)24)29(14)18-10-25-17(9-26-18)28-19(31)12-4-6-15(30(32)33)16(8-12)34-2/h3-10,19,31H,1-2H3,(H,25,28). The highest BCUT2D eigenvalue weighted by Gasteiger charge is 2.38. The molecule has 4 rings (SSSR count). The number of aromatic nitrogens is 4. The summed E-state index contributed by atoms with van der Waals surface area (Å²) in [6.07, 6.45) is -3.81. The third kappa shape index (κ3) is 4.32. The molecule has 0 aliphatic heterocycles. The fraction of sp³-hybridized carbons (Fsp3) is 0.190. The van der Waals surface area contributed by atoms with Crippen molar-refractivity contribution >= 4 is 22.5 Å². The number of nitro benzene ring substituents is 1. The summed E-state index contributed by atoms with van der Waals surface area (Å²) in [5.41, 5.74) is 1.10. The molecule has 0 spiro atoms. The first-order valence-corrected chi connectivity index (χ1v) is 9.74. The molecule has 0 amide bonds. The summed E-state index contributed by atoms with van der Waals surface area (Å²) in [6.45, 7) is 1.75. The fourth-order valence-corrected chi connectivity index (χ4v) is 3.36. The molecule has 2 aromatic carbocycles. The first-order chi connectivity index (χ1) is 16.1. The van der Waals surface area contributed by atoms with Gasteiger partial charge in [0, 0.05) is 11.6 Å². The van der Waals surface area contributed by atoms with Crippen molar-refractivity contribution in [2.75, 3.05) is 12.4 Å². The number of imidazole rings is 1. The maximum atomic E-state index is 13.6. The van der Waals surface area contributed by atoms with Gasteiger partial charge in [-0.1, -0.05) is 6.07 Å². The van der Waals surface area contributed by atoms with Gasteiger partial charge in [0.1, 0.15) is 5.82 Å². The summed E-state index contributed by atoms with van der Waals surface area (Å²) in [6, 6.07) is 8.52. The number of aliphatic hydroxyl groups excluding tert-OH is 1. The highest BCUT2D eigenvalue weighted by Crippen LogP contribution is 2.34. The summed E-state index contributed by atoms with van der Waals surface area (Å²) in [5, 5.41) is 24.1. The summed E-state index contributed by atoms with van der Waals surface area (Å²) < 4.78 is 46.7. The maximum Gasteiger partial charge on any atom is 0.450 e. The lowest BCUT2D eigenvalue weighted by Crippen LogP contribution is -2.15. The highest BCUT2D eigenvalue weighted by molar-refractivity contribution is 5.78. The van der Waals surface area contributed by atoms with Crippen LogP contribution in [0, 0.1) is 17.0 Å². The molecule has 0 aliphatic carbocycles. The van der Waals surface area contributed by atoms with Gasteiger partial charge in [-0.3, -0.25) is 14.7 Å². The lowest BCUT2D eigenvalue weighted by atomic mass is 10.1. The average Bonchev–Trinajstić information content (AvgIpc) is 3.18. The molecule has 10 nitrogen and oxygen atoms in total. The number of aryl methyl sites for hydroxylation is 1. The van der Waals surface area contributed by atoms with Crippen molar-refractivity contribution in [2.24, 2.45) is 0 Å². The van der Waals surface area contributed by atoms with Crippen LogP contribution in [-0.4, -0.2) is 36.7 Å². The average molecular weight is 474 g/mol. The van der Waals surface area contributed by atoms with Crippen molar-refractivity contribution in [3.05, 3.63) is 75.9 Å². The van der Waals surface area contributed by atoms with Gasteiger partial charge in [-0.05, 0) is 36.8 Å². The Morgan fingerprint density at radius 3 is 2.56 bits per heavy atom. The van der Waals surface area contributed by atoms with E-state index in [1.54, 1.807) is 19.1 Å². The number of fused-ring (bicyclic) bond motifs is 1. The lowest BCUT2D eigenvalue weighted by molar-refractivity contribution is -0.385. The number of benzene rings is 2. The number of nitrogens with zero attached hydrogens (tertiary/aromatic N) is 5. The second kappa shape index (κ2) is 8.59. The van der Waals surface area contributed by atoms with E-state index < -0.39 is 23.2 Å². The number of alkyl halides is 3. The van der Waals surface area contributed by atoms with Crippen LogP contribution >= 0.6 is 0 Å². The molecule has 1 unspecified atom stereocenters. The Hall–Kier alpha value is -4.26. The van der Waals surface area contributed by atoms with Crippen molar-refractivity contribution in [3.8, 4) is 11.6 Å². The minimum Gasteiger partial charge on any atom is -0.490 e. The van der Waals surface area contributed by atoms with Gasteiger partial charge in [0.25, 0.3) is 0 Å². The van der Waals surface area contributed by atoms with E-state index in [0.717, 1.165) is 22.5 Å². The van der Waals surface area contributed by atoms with Crippen LogP contribution in [0.4, 0.5) is 24.7 Å². The van der Waals surface area contributed by atoms with Crippen LogP contribution in [0.1, 0.15) is 23.2 Å². The second-order valence-electron chi connectivity index (χ2n) is 7.26. The third-order valence-corrected chi connectivity index (χ3v) is 4.93. The third-order valence-electron chi connectivity index (χ3n) is 4.93. The molecule has 4 aromatic rings. The Bertz CT molecular complexity index is 1370. The Balaban J connectivity index is 1.63. The van der Waals surface area contributed by atoms with E-state index in [0.29, 0.717) is 0 Å². The Kier molecular flexibility index (Phi) is 5.79. The largest absolute Gasteiger partial charge is 0.490 e. The quantitative estimate of drug-likeness (QED) is 0.242. The van der Waals surface area contributed by atoms with E-state index in [2.05, 4.69) is 20.3 Å². The van der Waals surface area contributed by atoms with Gasteiger partial charge in [0.2, 0.25) is 5.82 Å². The first kappa shape index (κ1) is 22.9. The Labute approximate surface area is 189 Å². The van der Waals surface area contributed by atoms with Crippen LogP contribution in [-0.2, 0) is 6.18 Å². The topological polar surface area (TPSA) is 128 Å². The molecule has 0 saturated heterocycles. The van der Waals surface area contributed by atoms with Crippen LogP contribution in [0.15, 0.2) is 48.8 Å². The van der Waals surface area contributed by atoms with Crippen LogP contribution in [0.2, 0.25) is 0 Å². The minimum absolute atomic E-state index is 0.0494. The van der Waals surface area contributed by atoms with Crippen LogP contribution < -0.4 is 10.1 Å². The summed E-state index contributed by atoms with van der Waals surface area (Å²) >= 11 is 0. The number of anilines is 1. The minimum atomic E-state index is -4.73. The van der Waals surface area contributed by atoms with E-state index >= 15 is 0 Å². The van der Waals surface area contributed by atoms with E-state index in [1.807, 2.05) is 0 Å². The molecule has 176 valence electrons. The molecule has 13 heteroatoms. The molecule has 2 heterocycles. The molecule has 0 radical (unpaired) electrons. The van der Waals surface area contributed by atoms with Gasteiger partial charge in [-0.2, -0.15) is 13.2 Å². The number of ether oxygens (including phenoxy) is 1. The molecule has 1 atom stereocenters. The molecule has 0 aliphatic rings. The van der Waals surface area contributed by atoms with Gasteiger partial charge in [-0.15, -0.1) is 0 Å². The van der Waals surface area contributed by atoms with Gasteiger partial charge >= 0.3 is 11.9 Å². The van der Waals surface area contributed by atoms with Crippen molar-refractivity contribution < 1.29 is 27.9 Å². The number of halogens is 3. The SMILES string of the molecule is COc1cc(C(O)Nc2cnc(-n3c(C(F)(F)F)nc4cc(C)ccc43)cn2)ccc1[N+](=O)[O-]. The lowest BCUT2D eigenvalue weighted by Gasteiger charge is -2.15. The monoisotopic (exact) mass is 474 g/mol. The molecule has 0 saturated carbocycles. The number of nitrogens with one attached hydrogen (secondary N) is 1. The molecule has 2 N–H and O–H groups in total. The first-order valence-electron chi connectivity index (χ1n) is 9.74. The Morgan fingerprint density at radius 1 is 1.18 bits per heavy atom. The number of methoxy groups -OCH3 is 1. The van der Waals surface area contributed by atoms with Crippen LogP contribution in [0.5, 0.6) is 5.75 Å². The zero-order chi connectivity index (χ0) is 24.6. The zero-order valence-corrected chi connectivity index (χ0v) is 17.7. The van der Waals surface area contributed by atoms with E-state index in [4.69, 9.17) is 4.74 Å². The number of rotatable bonds is 6. The predicted octanol–water partition coefficient (Wildman–Crippen LogP) is 4.16. The Morgan fingerprint density at radius 2 is 1.94 bits per heavy atom. The number of hydrogen-bond donors (Lipinski definition) is 2. The van der Waals surface area contributed by atoms with Gasteiger partial charge < -0.3 is 15.2 Å². The summed E-state index contributed by atoms with van der Waals surface area (Å²) in [7, 11) is 1.26. The highest BCUT2D eigenvalue weighted by atomic mass is 19.4. The normalized spacial score (nSPS) is 12.5.